The fourth-order valence-corrected chi connectivity index (χ4v) is 4.22. The van der Waals surface area contributed by atoms with E-state index in [0.717, 1.165) is 0 Å². The van der Waals surface area contributed by atoms with Crippen molar-refractivity contribution in [1.29, 1.82) is 0 Å². The van der Waals surface area contributed by atoms with Crippen molar-refractivity contribution in [3.05, 3.63) is 29.1 Å². The molecule has 1 saturated heterocycles. The van der Waals surface area contributed by atoms with Crippen LogP contribution in [0.25, 0.3) is 0 Å². The third-order valence-corrected chi connectivity index (χ3v) is 5.58. The molecule has 5 nitrogen and oxygen atoms in total. The second kappa shape index (κ2) is 6.39. The number of nitrogens with zero attached hydrogens (tertiary/aromatic N) is 1. The highest BCUT2D eigenvalue weighted by molar-refractivity contribution is 7.89. The Kier molecular flexibility index (Phi) is 4.98. The molecule has 0 saturated carbocycles. The molecule has 21 heavy (non-hydrogen) atoms. The van der Waals surface area contributed by atoms with Gasteiger partial charge in [-0.15, -0.1) is 0 Å². The Hall–Kier alpha value is -1.02. The van der Waals surface area contributed by atoms with Crippen LogP contribution in [-0.4, -0.2) is 45.6 Å². The highest BCUT2D eigenvalue weighted by Crippen LogP contribution is 2.24. The normalized spacial score (nSPS) is 20.7. The van der Waals surface area contributed by atoms with Gasteiger partial charge in [-0.25, -0.2) is 12.8 Å². The number of hydrogen-bond donors (Lipinski definition) is 1. The van der Waals surface area contributed by atoms with E-state index in [4.69, 9.17) is 4.74 Å². The lowest BCUT2D eigenvalue weighted by Crippen LogP contribution is -2.47. The van der Waals surface area contributed by atoms with Crippen molar-refractivity contribution in [1.82, 2.24) is 9.62 Å². The molecule has 1 atom stereocenters. The van der Waals surface area contributed by atoms with E-state index in [9.17, 15) is 12.8 Å². The van der Waals surface area contributed by atoms with Crippen LogP contribution in [0.5, 0.6) is 0 Å². The maximum atomic E-state index is 14.0. The minimum Gasteiger partial charge on any atom is -0.378 e. The molecule has 0 amide bonds. The van der Waals surface area contributed by atoms with E-state index < -0.39 is 10.0 Å². The molecule has 1 fully saturated rings. The van der Waals surface area contributed by atoms with Crippen molar-refractivity contribution in [2.45, 2.75) is 31.3 Å². The lowest BCUT2D eigenvalue weighted by Gasteiger charge is -2.32. The molecular weight excluding hydrogens is 295 g/mol. The first kappa shape index (κ1) is 16.4. The Morgan fingerprint density at radius 1 is 1.48 bits per heavy atom. The Labute approximate surface area is 125 Å². The summed E-state index contributed by atoms with van der Waals surface area (Å²) in [5.74, 6) is -0.363. The number of hydrogen-bond acceptors (Lipinski definition) is 4. The van der Waals surface area contributed by atoms with Crippen molar-refractivity contribution in [2.75, 3.05) is 26.8 Å². The predicted molar refractivity (Wildman–Crippen MR) is 78.1 cm³/mol. The maximum Gasteiger partial charge on any atom is 0.243 e. The van der Waals surface area contributed by atoms with Crippen molar-refractivity contribution in [2.24, 2.45) is 0 Å². The van der Waals surface area contributed by atoms with E-state index in [1.807, 2.05) is 6.92 Å². The van der Waals surface area contributed by atoms with Gasteiger partial charge in [0.2, 0.25) is 10.0 Å². The second-order valence-electron chi connectivity index (χ2n) is 5.28. The van der Waals surface area contributed by atoms with Crippen molar-refractivity contribution < 1.29 is 17.5 Å². The van der Waals surface area contributed by atoms with Crippen LogP contribution in [0.4, 0.5) is 4.39 Å². The van der Waals surface area contributed by atoms with Crippen LogP contribution in [-0.2, 0) is 21.3 Å². The van der Waals surface area contributed by atoms with Crippen LogP contribution in [0.2, 0.25) is 0 Å². The zero-order valence-electron chi connectivity index (χ0n) is 12.5. The summed E-state index contributed by atoms with van der Waals surface area (Å²) in [7, 11) is -1.94. The molecule has 1 N–H and O–H groups in total. The number of sulfonamides is 1. The molecule has 0 aromatic heterocycles. The number of ether oxygens (including phenoxy) is 1. The van der Waals surface area contributed by atoms with Crippen molar-refractivity contribution in [3.8, 4) is 0 Å². The molecule has 1 aromatic rings. The molecular formula is C14H21FN2O3S. The Balaban J connectivity index is 2.44. The van der Waals surface area contributed by atoms with Gasteiger partial charge in [-0.2, -0.15) is 4.31 Å². The van der Waals surface area contributed by atoms with E-state index in [-0.39, 0.29) is 23.3 Å². The number of benzene rings is 1. The van der Waals surface area contributed by atoms with Gasteiger partial charge >= 0.3 is 0 Å². The zero-order chi connectivity index (χ0) is 15.6. The highest BCUT2D eigenvalue weighted by atomic mass is 32.2. The van der Waals surface area contributed by atoms with Gasteiger partial charge in [0.1, 0.15) is 5.82 Å². The van der Waals surface area contributed by atoms with Crippen molar-refractivity contribution in [3.63, 3.8) is 0 Å². The van der Waals surface area contributed by atoms with Crippen LogP contribution >= 0.6 is 0 Å². The van der Waals surface area contributed by atoms with Crippen LogP contribution in [0.3, 0.4) is 0 Å². The number of morpholine rings is 1. The second-order valence-corrected chi connectivity index (χ2v) is 7.17. The minimum atomic E-state index is -3.63. The minimum absolute atomic E-state index is 0.139. The summed E-state index contributed by atoms with van der Waals surface area (Å²) < 4.78 is 46.2. The first-order valence-corrected chi connectivity index (χ1v) is 8.35. The van der Waals surface area contributed by atoms with Gasteiger partial charge in [0.15, 0.2) is 0 Å². The largest absolute Gasteiger partial charge is 0.378 e. The fraction of sp³-hybridized carbons (Fsp3) is 0.571. The Morgan fingerprint density at radius 3 is 2.81 bits per heavy atom. The third-order valence-electron chi connectivity index (χ3n) is 3.58. The van der Waals surface area contributed by atoms with E-state index in [1.54, 1.807) is 14.0 Å². The van der Waals surface area contributed by atoms with Crippen LogP contribution < -0.4 is 5.32 Å². The van der Waals surface area contributed by atoms with Crippen LogP contribution in [0, 0.1) is 12.7 Å². The molecule has 1 heterocycles. The molecule has 0 spiro atoms. The SMILES string of the molecule is CNCc1cc(S(=O)(=O)N2CCOCC2C)cc(C)c1F. The molecule has 0 aliphatic carbocycles. The first-order chi connectivity index (χ1) is 9.87. The molecule has 7 heteroatoms. The summed E-state index contributed by atoms with van der Waals surface area (Å²) >= 11 is 0. The van der Waals surface area contributed by atoms with Crippen LogP contribution in [0.1, 0.15) is 18.1 Å². The first-order valence-electron chi connectivity index (χ1n) is 6.91. The summed E-state index contributed by atoms with van der Waals surface area (Å²) in [6.07, 6.45) is 0. The monoisotopic (exact) mass is 316 g/mol. The lowest BCUT2D eigenvalue weighted by atomic mass is 10.1. The quantitative estimate of drug-likeness (QED) is 0.909. The zero-order valence-corrected chi connectivity index (χ0v) is 13.3. The van der Waals surface area contributed by atoms with E-state index in [1.165, 1.54) is 16.4 Å². The van der Waals surface area contributed by atoms with E-state index >= 15 is 0 Å². The summed E-state index contributed by atoms with van der Waals surface area (Å²) in [5, 5.41) is 2.85. The molecule has 1 aromatic carbocycles. The Morgan fingerprint density at radius 2 is 2.19 bits per heavy atom. The summed E-state index contributed by atoms with van der Waals surface area (Å²) in [6, 6.07) is 2.59. The number of halogens is 1. The van der Waals surface area contributed by atoms with Gasteiger partial charge in [0.05, 0.1) is 18.1 Å². The molecule has 2 rings (SSSR count). The average molecular weight is 316 g/mol. The topological polar surface area (TPSA) is 58.6 Å². The smallest absolute Gasteiger partial charge is 0.243 e. The maximum absolute atomic E-state index is 14.0. The lowest BCUT2D eigenvalue weighted by molar-refractivity contribution is 0.0392. The predicted octanol–water partition coefficient (Wildman–Crippen LogP) is 1.26. The van der Waals surface area contributed by atoms with Gasteiger partial charge in [-0.3, -0.25) is 0 Å². The van der Waals surface area contributed by atoms with Gasteiger partial charge in [0, 0.05) is 24.7 Å². The van der Waals surface area contributed by atoms with Gasteiger partial charge in [-0.1, -0.05) is 0 Å². The number of nitrogens with one attached hydrogen (secondary N) is 1. The van der Waals surface area contributed by atoms with Gasteiger partial charge in [0.25, 0.3) is 0 Å². The Bertz CT molecular complexity index is 619. The van der Waals surface area contributed by atoms with E-state index in [2.05, 4.69) is 5.32 Å². The highest BCUT2D eigenvalue weighted by Gasteiger charge is 2.32. The molecule has 0 bridgehead atoms. The summed E-state index contributed by atoms with van der Waals surface area (Å²) in [6.45, 7) is 4.75. The molecule has 118 valence electrons. The number of aryl methyl sites for hydroxylation is 1. The summed E-state index contributed by atoms with van der Waals surface area (Å²) in [5.41, 5.74) is 0.694. The van der Waals surface area contributed by atoms with Gasteiger partial charge < -0.3 is 10.1 Å². The van der Waals surface area contributed by atoms with E-state index in [0.29, 0.717) is 30.9 Å². The van der Waals surface area contributed by atoms with Crippen molar-refractivity contribution >= 4 is 10.0 Å². The fourth-order valence-electron chi connectivity index (χ4n) is 2.48. The molecule has 0 radical (unpaired) electrons. The average Bonchev–Trinajstić information content (AvgIpc) is 2.44. The molecule has 1 unspecified atom stereocenters. The number of rotatable bonds is 4. The molecule has 1 aliphatic heterocycles. The standard InChI is InChI=1S/C14H21FN2O3S/c1-10-6-13(7-12(8-16-3)14(10)15)21(18,19)17-4-5-20-9-11(17)2/h6-7,11,16H,4-5,8-9H2,1-3H3. The third kappa shape index (κ3) is 3.26. The molecule has 1 aliphatic rings. The van der Waals surface area contributed by atoms with Crippen LogP contribution in [0.15, 0.2) is 17.0 Å². The van der Waals surface area contributed by atoms with Gasteiger partial charge in [-0.05, 0) is 38.6 Å². The summed E-state index contributed by atoms with van der Waals surface area (Å²) in [4.78, 5) is 0.139.